The van der Waals surface area contributed by atoms with E-state index in [1.807, 2.05) is 4.90 Å². The molecule has 1 atom stereocenters. The summed E-state index contributed by atoms with van der Waals surface area (Å²) in [5.74, 6) is 0.870. The van der Waals surface area contributed by atoms with Gasteiger partial charge in [0.25, 0.3) is 0 Å². The van der Waals surface area contributed by atoms with Crippen LogP contribution in [0.2, 0.25) is 0 Å². The van der Waals surface area contributed by atoms with Crippen molar-refractivity contribution in [3.05, 3.63) is 35.9 Å². The Labute approximate surface area is 175 Å². The Morgan fingerprint density at radius 3 is 2.59 bits per heavy atom. The average Bonchev–Trinajstić information content (AvgIpc) is 2.93. The highest BCUT2D eigenvalue weighted by Crippen LogP contribution is 2.44. The normalized spacial score (nSPS) is 25.8. The van der Waals surface area contributed by atoms with Crippen LogP contribution in [-0.2, 0) is 9.59 Å². The molecule has 1 spiro atoms. The summed E-state index contributed by atoms with van der Waals surface area (Å²) >= 11 is 0. The van der Waals surface area contributed by atoms with E-state index in [9.17, 15) is 9.59 Å². The van der Waals surface area contributed by atoms with Crippen molar-refractivity contribution in [3.8, 4) is 0 Å². The van der Waals surface area contributed by atoms with Crippen LogP contribution in [0.3, 0.4) is 0 Å². The van der Waals surface area contributed by atoms with Crippen molar-refractivity contribution >= 4 is 11.8 Å². The highest BCUT2D eigenvalue weighted by Gasteiger charge is 2.42. The number of carbonyl (C=O) groups is 2. The van der Waals surface area contributed by atoms with Crippen molar-refractivity contribution in [2.45, 2.75) is 50.9 Å². The van der Waals surface area contributed by atoms with Crippen LogP contribution in [-0.4, -0.2) is 72.8 Å². The van der Waals surface area contributed by atoms with E-state index in [2.05, 4.69) is 42.3 Å². The molecule has 5 heteroatoms. The maximum Gasteiger partial charge on any atom is 0.242 e. The van der Waals surface area contributed by atoms with Crippen LogP contribution in [0.1, 0.15) is 56.4 Å². The molecule has 0 aliphatic carbocycles. The zero-order chi connectivity index (χ0) is 20.3. The first-order valence-corrected chi connectivity index (χ1v) is 11.3. The summed E-state index contributed by atoms with van der Waals surface area (Å²) in [6.45, 7) is 4.92. The lowest BCUT2D eigenvalue weighted by atomic mass is 9.68. The fraction of sp³-hybridized carbons (Fsp3) is 0.667. The largest absolute Gasteiger partial charge is 0.341 e. The number of carbonyl (C=O) groups excluding carboxylic acids is 2. The second-order valence-corrected chi connectivity index (χ2v) is 9.52. The summed E-state index contributed by atoms with van der Waals surface area (Å²) < 4.78 is 0. The Hall–Kier alpha value is -1.88. The van der Waals surface area contributed by atoms with Gasteiger partial charge in [0.05, 0.1) is 6.54 Å². The minimum Gasteiger partial charge on any atom is -0.341 e. The first kappa shape index (κ1) is 20.4. The van der Waals surface area contributed by atoms with Crippen LogP contribution in [0, 0.1) is 5.41 Å². The quantitative estimate of drug-likeness (QED) is 0.787. The average molecular weight is 398 g/mol. The lowest BCUT2D eigenvalue weighted by Crippen LogP contribution is -2.53. The minimum atomic E-state index is 0.138. The molecule has 1 unspecified atom stereocenters. The number of likely N-dealkylation sites (tertiary alicyclic amines) is 3. The van der Waals surface area contributed by atoms with Crippen LogP contribution in [0.4, 0.5) is 0 Å². The summed E-state index contributed by atoms with van der Waals surface area (Å²) in [4.78, 5) is 31.4. The minimum absolute atomic E-state index is 0.138. The molecule has 3 fully saturated rings. The summed E-state index contributed by atoms with van der Waals surface area (Å²) in [5.41, 5.74) is 1.75. The summed E-state index contributed by atoms with van der Waals surface area (Å²) in [6.07, 6.45) is 7.04. The lowest BCUT2D eigenvalue weighted by Gasteiger charge is -2.49. The highest BCUT2D eigenvalue weighted by molar-refractivity contribution is 5.85. The molecular weight excluding hydrogens is 362 g/mol. The molecule has 0 radical (unpaired) electrons. The van der Waals surface area contributed by atoms with Gasteiger partial charge in [-0.3, -0.25) is 9.59 Å². The third-order valence-corrected chi connectivity index (χ3v) is 7.26. The van der Waals surface area contributed by atoms with Crippen molar-refractivity contribution in [2.24, 2.45) is 5.41 Å². The maximum atomic E-state index is 12.9. The van der Waals surface area contributed by atoms with Gasteiger partial charge in [-0.2, -0.15) is 0 Å². The van der Waals surface area contributed by atoms with Gasteiger partial charge in [0.15, 0.2) is 0 Å². The predicted molar refractivity (Wildman–Crippen MR) is 115 cm³/mol. The molecule has 3 aliphatic rings. The molecule has 3 aliphatic heterocycles. The SMILES string of the molecule is CN1CC(c2ccccc2)CC2(CCN(C(=O)CN3CCCCCC3=O)CC2)C1. The number of nitrogens with zero attached hydrogens (tertiary/aromatic N) is 3. The Kier molecular flexibility index (Phi) is 6.23. The molecule has 0 aromatic heterocycles. The van der Waals surface area contributed by atoms with Gasteiger partial charge in [-0.25, -0.2) is 0 Å². The first-order valence-electron chi connectivity index (χ1n) is 11.3. The molecule has 3 heterocycles. The molecule has 1 aromatic rings. The second-order valence-electron chi connectivity index (χ2n) is 9.52. The highest BCUT2D eigenvalue weighted by atomic mass is 16.2. The lowest BCUT2D eigenvalue weighted by molar-refractivity contribution is -0.142. The first-order chi connectivity index (χ1) is 14.0. The molecule has 0 bridgehead atoms. The smallest absolute Gasteiger partial charge is 0.242 e. The topological polar surface area (TPSA) is 43.9 Å². The van der Waals surface area contributed by atoms with Gasteiger partial charge < -0.3 is 14.7 Å². The van der Waals surface area contributed by atoms with Gasteiger partial charge in [0.1, 0.15) is 0 Å². The Bertz CT molecular complexity index is 712. The van der Waals surface area contributed by atoms with Crippen molar-refractivity contribution in [1.29, 1.82) is 0 Å². The summed E-state index contributed by atoms with van der Waals surface area (Å²) in [7, 11) is 2.24. The molecule has 3 saturated heterocycles. The molecule has 1 aromatic carbocycles. The Morgan fingerprint density at radius 1 is 1.07 bits per heavy atom. The number of piperidine rings is 2. The maximum absolute atomic E-state index is 12.9. The molecule has 2 amide bonds. The van der Waals surface area contributed by atoms with Crippen LogP contribution < -0.4 is 0 Å². The Morgan fingerprint density at radius 2 is 1.83 bits per heavy atom. The molecule has 0 saturated carbocycles. The standard InChI is InChI=1S/C24H35N3O2/c1-25-17-21(20-8-4-2-5-9-20)16-24(19-25)11-14-26(15-12-24)23(29)18-27-13-7-3-6-10-22(27)28/h2,4-5,8-9,21H,3,6-7,10-19H2,1H3. The van der Waals surface area contributed by atoms with Crippen LogP contribution in [0.25, 0.3) is 0 Å². The fourth-order valence-electron chi connectivity index (χ4n) is 5.68. The van der Waals surface area contributed by atoms with E-state index in [0.717, 1.165) is 64.8 Å². The van der Waals surface area contributed by atoms with Crippen molar-refractivity contribution in [2.75, 3.05) is 46.3 Å². The van der Waals surface area contributed by atoms with Crippen molar-refractivity contribution in [1.82, 2.24) is 14.7 Å². The zero-order valence-electron chi connectivity index (χ0n) is 17.8. The second kappa shape index (κ2) is 8.86. The predicted octanol–water partition coefficient (Wildman–Crippen LogP) is 3.12. The number of hydrogen-bond acceptors (Lipinski definition) is 3. The number of likely N-dealkylation sites (N-methyl/N-ethyl adjacent to an activating group) is 1. The molecule has 5 nitrogen and oxygen atoms in total. The molecule has 4 rings (SSSR count). The van der Waals surface area contributed by atoms with Gasteiger partial charge in [0, 0.05) is 39.1 Å². The Balaban J connectivity index is 1.35. The summed E-state index contributed by atoms with van der Waals surface area (Å²) in [6, 6.07) is 10.9. The number of benzene rings is 1. The van der Waals surface area contributed by atoms with Crippen LogP contribution in [0.5, 0.6) is 0 Å². The molecule has 0 N–H and O–H groups in total. The number of rotatable bonds is 3. The molecule has 158 valence electrons. The third-order valence-electron chi connectivity index (χ3n) is 7.26. The molecular formula is C24H35N3O2. The van der Waals surface area contributed by atoms with Gasteiger partial charge in [-0.1, -0.05) is 36.8 Å². The number of amides is 2. The van der Waals surface area contributed by atoms with Gasteiger partial charge in [-0.05, 0) is 56.0 Å². The third kappa shape index (κ3) is 4.82. The van der Waals surface area contributed by atoms with E-state index in [4.69, 9.17) is 0 Å². The van der Waals surface area contributed by atoms with E-state index in [0.29, 0.717) is 17.8 Å². The van der Waals surface area contributed by atoms with E-state index in [1.165, 1.54) is 12.0 Å². The van der Waals surface area contributed by atoms with Crippen molar-refractivity contribution in [3.63, 3.8) is 0 Å². The van der Waals surface area contributed by atoms with Gasteiger partial charge >= 0.3 is 0 Å². The van der Waals surface area contributed by atoms with E-state index >= 15 is 0 Å². The van der Waals surface area contributed by atoms with Gasteiger partial charge in [-0.15, -0.1) is 0 Å². The van der Waals surface area contributed by atoms with E-state index in [-0.39, 0.29) is 18.4 Å². The van der Waals surface area contributed by atoms with Crippen molar-refractivity contribution < 1.29 is 9.59 Å². The van der Waals surface area contributed by atoms with Gasteiger partial charge in [0.2, 0.25) is 11.8 Å². The van der Waals surface area contributed by atoms with E-state index < -0.39 is 0 Å². The summed E-state index contributed by atoms with van der Waals surface area (Å²) in [5, 5.41) is 0. The zero-order valence-corrected chi connectivity index (χ0v) is 17.8. The van der Waals surface area contributed by atoms with Crippen LogP contribution >= 0.6 is 0 Å². The van der Waals surface area contributed by atoms with Crippen LogP contribution in [0.15, 0.2) is 30.3 Å². The number of hydrogen-bond donors (Lipinski definition) is 0. The monoisotopic (exact) mass is 397 g/mol. The molecule has 29 heavy (non-hydrogen) atoms. The van der Waals surface area contributed by atoms with E-state index in [1.54, 1.807) is 4.90 Å². The fourth-order valence-corrected chi connectivity index (χ4v) is 5.68.